The van der Waals surface area contributed by atoms with Crippen LogP contribution < -0.4 is 20.2 Å². The van der Waals surface area contributed by atoms with Gasteiger partial charge in [-0.1, -0.05) is 12.1 Å². The first-order valence-corrected chi connectivity index (χ1v) is 8.43. The molecule has 0 spiro atoms. The average Bonchev–Trinajstić information content (AvgIpc) is 2.74. The summed E-state index contributed by atoms with van der Waals surface area (Å²) in [5.74, 6) is 0.922. The Kier molecular flexibility index (Phi) is 5.81. The number of methoxy groups -OCH3 is 2. The maximum Gasteiger partial charge on any atom is 0.227 e. The summed E-state index contributed by atoms with van der Waals surface area (Å²) < 4.78 is 16.2. The van der Waals surface area contributed by atoms with Gasteiger partial charge in [0.25, 0.3) is 0 Å². The highest BCUT2D eigenvalue weighted by Gasteiger charge is 2.25. The van der Waals surface area contributed by atoms with Gasteiger partial charge in [-0.2, -0.15) is 0 Å². The van der Waals surface area contributed by atoms with E-state index >= 15 is 0 Å². The van der Waals surface area contributed by atoms with Gasteiger partial charge in [0, 0.05) is 12.3 Å². The summed E-state index contributed by atoms with van der Waals surface area (Å²) in [4.78, 5) is 16.3. The normalized spacial score (nSPS) is 11.7. The Morgan fingerprint density at radius 3 is 2.57 bits per heavy atom. The Hall–Kier alpha value is -3.52. The maximum atomic E-state index is 12.1. The van der Waals surface area contributed by atoms with E-state index in [-0.39, 0.29) is 11.5 Å². The first-order chi connectivity index (χ1) is 13.6. The lowest BCUT2D eigenvalue weighted by Gasteiger charge is -2.21. The predicted octanol–water partition coefficient (Wildman–Crippen LogP) is 2.45. The van der Waals surface area contributed by atoms with E-state index in [2.05, 4.69) is 10.3 Å². The fourth-order valence-corrected chi connectivity index (χ4v) is 2.76. The molecule has 3 rings (SSSR count). The molecule has 0 bridgehead atoms. The molecule has 8 nitrogen and oxygen atoms in total. The second-order valence-corrected chi connectivity index (χ2v) is 5.85. The van der Waals surface area contributed by atoms with Gasteiger partial charge in [0.05, 0.1) is 14.2 Å². The predicted molar refractivity (Wildman–Crippen MR) is 102 cm³/mol. The van der Waals surface area contributed by atoms with Crippen LogP contribution in [0.5, 0.6) is 17.2 Å². The number of hydrogen-bond donors (Lipinski definition) is 3. The topological polar surface area (TPSA) is 114 Å². The minimum absolute atomic E-state index is 0.0334. The van der Waals surface area contributed by atoms with Crippen molar-refractivity contribution in [2.24, 2.45) is 0 Å². The minimum Gasteiger partial charge on any atom is -0.502 e. The number of ether oxygens (including phenoxy) is 2. The summed E-state index contributed by atoms with van der Waals surface area (Å²) in [7, 11) is 3.03. The number of pyridine rings is 1. The fourth-order valence-electron chi connectivity index (χ4n) is 2.76. The van der Waals surface area contributed by atoms with Crippen molar-refractivity contribution in [2.75, 3.05) is 19.5 Å². The summed E-state index contributed by atoms with van der Waals surface area (Å²) in [5.41, 5.74) is -0.0320. The Morgan fingerprint density at radius 2 is 1.93 bits per heavy atom. The highest BCUT2D eigenvalue weighted by atomic mass is 16.5. The number of benzene rings is 1. The molecule has 3 N–H and O–H groups in total. The van der Waals surface area contributed by atoms with Crippen LogP contribution in [0.25, 0.3) is 0 Å². The largest absolute Gasteiger partial charge is 0.502 e. The molecule has 1 unspecified atom stereocenters. The number of aromatic nitrogens is 1. The molecule has 0 aliphatic rings. The van der Waals surface area contributed by atoms with Crippen LogP contribution in [0.15, 0.2) is 57.9 Å². The zero-order valence-corrected chi connectivity index (χ0v) is 15.4. The van der Waals surface area contributed by atoms with Gasteiger partial charge in [0.15, 0.2) is 17.3 Å². The molecular weight excluding hydrogens is 364 g/mol. The molecule has 0 radical (unpaired) electrons. The molecule has 28 heavy (non-hydrogen) atoms. The van der Waals surface area contributed by atoms with Gasteiger partial charge in [-0.25, -0.2) is 4.98 Å². The Bertz CT molecular complexity index is 1000. The molecular formula is C20H20N2O6. The van der Waals surface area contributed by atoms with Gasteiger partial charge in [-0.3, -0.25) is 4.79 Å². The van der Waals surface area contributed by atoms with Crippen LogP contribution in [-0.4, -0.2) is 29.4 Å². The lowest BCUT2D eigenvalue weighted by molar-refractivity contribution is 0.234. The van der Waals surface area contributed by atoms with Crippen molar-refractivity contribution < 1.29 is 24.1 Å². The van der Waals surface area contributed by atoms with Crippen LogP contribution in [0.2, 0.25) is 0 Å². The van der Waals surface area contributed by atoms with E-state index in [1.165, 1.54) is 14.2 Å². The molecule has 3 aromatic rings. The number of anilines is 1. The smallest absolute Gasteiger partial charge is 0.227 e. The third-order valence-corrected chi connectivity index (χ3v) is 4.12. The summed E-state index contributed by atoms with van der Waals surface area (Å²) in [5, 5.41) is 22.9. The highest BCUT2D eigenvalue weighted by Crippen LogP contribution is 2.36. The number of nitrogens with one attached hydrogen (secondary N) is 1. The van der Waals surface area contributed by atoms with E-state index in [1.807, 2.05) is 0 Å². The Morgan fingerprint density at radius 1 is 1.14 bits per heavy atom. The van der Waals surface area contributed by atoms with Gasteiger partial charge < -0.3 is 29.4 Å². The van der Waals surface area contributed by atoms with E-state index in [9.17, 15) is 15.0 Å². The van der Waals surface area contributed by atoms with E-state index in [1.54, 1.807) is 42.6 Å². The van der Waals surface area contributed by atoms with Crippen LogP contribution >= 0.6 is 0 Å². The number of aliphatic hydroxyl groups is 1. The molecule has 146 valence electrons. The minimum atomic E-state index is -0.783. The lowest BCUT2D eigenvalue weighted by atomic mass is 10.0. The SMILES string of the molecule is COc1ccc(C(Nc2ccccn2)c2oc(CO)cc(=O)c2O)cc1OC. The monoisotopic (exact) mass is 384 g/mol. The van der Waals surface area contributed by atoms with Crippen molar-refractivity contribution in [2.45, 2.75) is 12.6 Å². The zero-order chi connectivity index (χ0) is 20.1. The van der Waals surface area contributed by atoms with Crippen LogP contribution in [0.4, 0.5) is 5.82 Å². The Balaban J connectivity index is 2.16. The van der Waals surface area contributed by atoms with Crippen LogP contribution in [0.1, 0.15) is 23.1 Å². The van der Waals surface area contributed by atoms with Crippen LogP contribution in [0, 0.1) is 0 Å². The summed E-state index contributed by atoms with van der Waals surface area (Å²) >= 11 is 0. The third kappa shape index (κ3) is 3.91. The summed E-state index contributed by atoms with van der Waals surface area (Å²) in [6.45, 7) is -0.481. The van der Waals surface area contributed by atoms with Gasteiger partial charge in [0.2, 0.25) is 11.2 Å². The molecule has 2 aromatic heterocycles. The van der Waals surface area contributed by atoms with E-state index in [4.69, 9.17) is 13.9 Å². The fraction of sp³-hybridized carbons (Fsp3) is 0.200. The number of aliphatic hydroxyl groups excluding tert-OH is 1. The molecule has 0 amide bonds. The summed E-state index contributed by atoms with van der Waals surface area (Å²) in [6.07, 6.45) is 1.61. The lowest BCUT2D eigenvalue weighted by Crippen LogP contribution is -2.17. The van der Waals surface area contributed by atoms with Crippen molar-refractivity contribution in [3.8, 4) is 17.2 Å². The van der Waals surface area contributed by atoms with Gasteiger partial charge in [0.1, 0.15) is 24.2 Å². The van der Waals surface area contributed by atoms with Gasteiger partial charge in [-0.05, 0) is 29.8 Å². The van der Waals surface area contributed by atoms with E-state index in [0.29, 0.717) is 22.9 Å². The number of hydrogen-bond acceptors (Lipinski definition) is 8. The van der Waals surface area contributed by atoms with Crippen molar-refractivity contribution in [1.29, 1.82) is 0 Å². The second-order valence-electron chi connectivity index (χ2n) is 5.85. The summed E-state index contributed by atoms with van der Waals surface area (Å²) in [6, 6.07) is 10.7. The first-order valence-electron chi connectivity index (χ1n) is 8.43. The van der Waals surface area contributed by atoms with E-state index in [0.717, 1.165) is 6.07 Å². The number of rotatable bonds is 7. The zero-order valence-electron chi connectivity index (χ0n) is 15.4. The third-order valence-electron chi connectivity index (χ3n) is 4.12. The molecule has 8 heteroatoms. The van der Waals surface area contributed by atoms with Crippen molar-refractivity contribution in [3.63, 3.8) is 0 Å². The van der Waals surface area contributed by atoms with Crippen molar-refractivity contribution in [1.82, 2.24) is 4.98 Å². The molecule has 2 heterocycles. The maximum absolute atomic E-state index is 12.1. The molecule has 1 atom stereocenters. The number of aromatic hydroxyl groups is 1. The molecule has 0 fully saturated rings. The molecule has 0 saturated heterocycles. The molecule has 0 saturated carbocycles. The molecule has 1 aromatic carbocycles. The van der Waals surface area contributed by atoms with Crippen LogP contribution in [0.3, 0.4) is 0 Å². The average molecular weight is 384 g/mol. The standard InChI is InChI=1S/C20H20N2O6/c1-26-15-7-6-12(9-16(15)27-2)18(22-17-5-3-4-8-21-17)20-19(25)14(24)10-13(11-23)28-20/h3-10,18,23,25H,11H2,1-2H3,(H,21,22). The van der Waals surface area contributed by atoms with E-state index < -0.39 is 23.8 Å². The van der Waals surface area contributed by atoms with Crippen molar-refractivity contribution in [3.05, 3.63) is 76.0 Å². The first kappa shape index (κ1) is 19.2. The molecule has 0 aliphatic heterocycles. The van der Waals surface area contributed by atoms with Crippen LogP contribution in [-0.2, 0) is 6.61 Å². The van der Waals surface area contributed by atoms with Gasteiger partial charge in [-0.15, -0.1) is 0 Å². The van der Waals surface area contributed by atoms with Crippen molar-refractivity contribution >= 4 is 5.82 Å². The molecule has 0 aliphatic carbocycles. The number of nitrogens with zero attached hydrogens (tertiary/aromatic N) is 1. The quantitative estimate of drug-likeness (QED) is 0.569. The van der Waals surface area contributed by atoms with Gasteiger partial charge >= 0.3 is 0 Å². The Labute approximate surface area is 161 Å². The second kappa shape index (κ2) is 8.45. The highest BCUT2D eigenvalue weighted by molar-refractivity contribution is 5.50.